The third-order valence-electron chi connectivity index (χ3n) is 6.91. The number of likely N-dealkylation sites (tertiary alicyclic amines) is 1. The highest BCUT2D eigenvalue weighted by Crippen LogP contribution is 2.28. The van der Waals surface area contributed by atoms with Crippen LogP contribution < -0.4 is 5.32 Å². The van der Waals surface area contributed by atoms with Gasteiger partial charge in [-0.05, 0) is 50.4 Å². The highest BCUT2D eigenvalue weighted by molar-refractivity contribution is 6.31. The van der Waals surface area contributed by atoms with Crippen LogP contribution in [0.1, 0.15) is 65.6 Å². The summed E-state index contributed by atoms with van der Waals surface area (Å²) in [5.41, 5.74) is 1.42. The van der Waals surface area contributed by atoms with Gasteiger partial charge in [-0.25, -0.2) is 0 Å². The van der Waals surface area contributed by atoms with E-state index in [9.17, 15) is 9.59 Å². The van der Waals surface area contributed by atoms with Gasteiger partial charge < -0.3 is 9.88 Å². The number of rotatable bonds is 6. The molecule has 0 spiro atoms. The first-order chi connectivity index (χ1) is 17.1. The van der Waals surface area contributed by atoms with Crippen molar-refractivity contribution >= 4 is 29.0 Å². The van der Waals surface area contributed by atoms with E-state index in [1.807, 2.05) is 18.2 Å². The number of carbonyl (C=O) groups excluding carboxylic acids is 2. The Labute approximate surface area is 210 Å². The Hall–Kier alpha value is -3.03. The average Bonchev–Trinajstić information content (AvgIpc) is 3.13. The van der Waals surface area contributed by atoms with Crippen LogP contribution in [0.15, 0.2) is 48.5 Å². The molecule has 1 amide bonds. The number of aromatic nitrogens is 3. The molecule has 0 aliphatic carbocycles. The fraction of sp³-hybridized carbons (Fsp3) is 0.407. The lowest BCUT2D eigenvalue weighted by atomic mass is 9.97. The third kappa shape index (κ3) is 5.46. The number of nitrogens with zero attached hydrogens (tertiary/aromatic N) is 4. The number of piperidine rings is 1. The van der Waals surface area contributed by atoms with Crippen LogP contribution in [0, 0.1) is 0 Å². The van der Waals surface area contributed by atoms with Gasteiger partial charge in [0, 0.05) is 41.6 Å². The van der Waals surface area contributed by atoms with Gasteiger partial charge in [-0.2, -0.15) is 0 Å². The molecule has 1 N–H and O–H groups in total. The van der Waals surface area contributed by atoms with Crippen molar-refractivity contribution < 1.29 is 9.59 Å². The van der Waals surface area contributed by atoms with Crippen molar-refractivity contribution in [3.8, 4) is 0 Å². The zero-order valence-corrected chi connectivity index (χ0v) is 20.5. The Bertz CT molecular complexity index is 1210. The van der Waals surface area contributed by atoms with Crippen LogP contribution in [-0.2, 0) is 17.8 Å². The number of hydrogen-bond donors (Lipinski definition) is 1. The lowest BCUT2D eigenvalue weighted by Gasteiger charge is -2.32. The molecule has 0 saturated carbocycles. The molecule has 2 aromatic carbocycles. The summed E-state index contributed by atoms with van der Waals surface area (Å²) in [6.45, 7) is 2.89. The Kier molecular flexibility index (Phi) is 7.25. The van der Waals surface area contributed by atoms with E-state index < -0.39 is 0 Å². The number of benzene rings is 2. The van der Waals surface area contributed by atoms with Crippen LogP contribution in [-0.4, -0.2) is 51.0 Å². The van der Waals surface area contributed by atoms with Gasteiger partial charge in [0.15, 0.2) is 5.78 Å². The van der Waals surface area contributed by atoms with Crippen molar-refractivity contribution in [1.29, 1.82) is 0 Å². The number of amides is 1. The number of carbonyl (C=O) groups is 2. The molecule has 0 radical (unpaired) electrons. The normalized spacial score (nSPS) is 18.5. The molecule has 1 fully saturated rings. The van der Waals surface area contributed by atoms with E-state index in [0.29, 0.717) is 21.8 Å². The number of fused-ring (bicyclic) bond motifs is 1. The predicted octanol–water partition coefficient (Wildman–Crippen LogP) is 4.71. The van der Waals surface area contributed by atoms with E-state index in [1.165, 1.54) is 19.3 Å². The van der Waals surface area contributed by atoms with Gasteiger partial charge in [-0.1, -0.05) is 48.4 Å². The fourth-order valence-electron chi connectivity index (χ4n) is 5.17. The average molecular weight is 492 g/mol. The Morgan fingerprint density at radius 2 is 1.86 bits per heavy atom. The SMILES string of the molecule is O=C(CN1CCC[C@@H](c2nnc3n2CCCCC3)C1)Nc1ccc(Cl)cc1C(=O)c1ccccc1. The monoisotopic (exact) mass is 491 g/mol. The lowest BCUT2D eigenvalue weighted by Crippen LogP contribution is -2.40. The van der Waals surface area contributed by atoms with Crippen LogP contribution >= 0.6 is 11.6 Å². The lowest BCUT2D eigenvalue weighted by molar-refractivity contribution is -0.117. The summed E-state index contributed by atoms with van der Waals surface area (Å²) in [6, 6.07) is 14.0. The minimum atomic E-state index is -0.172. The molecule has 2 aliphatic heterocycles. The summed E-state index contributed by atoms with van der Waals surface area (Å²) in [5.74, 6) is 2.14. The molecule has 35 heavy (non-hydrogen) atoms. The highest BCUT2D eigenvalue weighted by atomic mass is 35.5. The summed E-state index contributed by atoms with van der Waals surface area (Å²) < 4.78 is 2.32. The van der Waals surface area contributed by atoms with Crippen LogP contribution in [0.25, 0.3) is 0 Å². The van der Waals surface area contributed by atoms with Crippen LogP contribution in [0.4, 0.5) is 5.69 Å². The van der Waals surface area contributed by atoms with Gasteiger partial charge in [0.1, 0.15) is 11.6 Å². The van der Waals surface area contributed by atoms with Crippen LogP contribution in [0.5, 0.6) is 0 Å². The Morgan fingerprint density at radius 3 is 2.71 bits per heavy atom. The van der Waals surface area contributed by atoms with E-state index in [4.69, 9.17) is 11.6 Å². The van der Waals surface area contributed by atoms with Crippen molar-refractivity contribution in [3.05, 3.63) is 76.3 Å². The summed E-state index contributed by atoms with van der Waals surface area (Å²) >= 11 is 6.18. The van der Waals surface area contributed by atoms with Gasteiger partial charge in [0.25, 0.3) is 0 Å². The second-order valence-electron chi connectivity index (χ2n) is 9.44. The first kappa shape index (κ1) is 23.7. The molecule has 8 heteroatoms. The number of ketones is 1. The second kappa shape index (κ2) is 10.7. The quantitative estimate of drug-likeness (QED) is 0.505. The summed E-state index contributed by atoms with van der Waals surface area (Å²) in [7, 11) is 0. The highest BCUT2D eigenvalue weighted by Gasteiger charge is 2.28. The standard InChI is InChI=1S/C27H30ClN5O2/c28-21-12-13-23(22(16-21)26(35)19-8-3-1-4-9-19)29-25(34)18-32-14-7-10-20(17-32)27-31-30-24-11-5-2-6-15-33(24)27/h1,3-4,8-9,12-13,16,20H,2,5-7,10-11,14-15,17-18H2,(H,29,34)/t20-/m1/s1. The topological polar surface area (TPSA) is 80.1 Å². The predicted molar refractivity (Wildman–Crippen MR) is 136 cm³/mol. The second-order valence-corrected chi connectivity index (χ2v) is 9.88. The van der Waals surface area contributed by atoms with E-state index in [-0.39, 0.29) is 24.2 Å². The van der Waals surface area contributed by atoms with Gasteiger partial charge in [0.2, 0.25) is 5.91 Å². The Balaban J connectivity index is 1.26. The van der Waals surface area contributed by atoms with Gasteiger partial charge >= 0.3 is 0 Å². The maximum Gasteiger partial charge on any atom is 0.238 e. The van der Waals surface area contributed by atoms with Crippen LogP contribution in [0.2, 0.25) is 5.02 Å². The number of aryl methyl sites for hydroxylation is 1. The maximum absolute atomic E-state index is 13.1. The number of anilines is 1. The molecule has 0 bridgehead atoms. The van der Waals surface area contributed by atoms with Crippen molar-refractivity contribution in [2.24, 2.45) is 0 Å². The third-order valence-corrected chi connectivity index (χ3v) is 7.15. The van der Waals surface area contributed by atoms with Crippen LogP contribution in [0.3, 0.4) is 0 Å². The molecule has 2 aliphatic rings. The molecule has 182 valence electrons. The van der Waals surface area contributed by atoms with Gasteiger partial charge in [-0.15, -0.1) is 10.2 Å². The van der Waals surface area contributed by atoms with E-state index in [1.54, 1.807) is 30.3 Å². The molecule has 1 aromatic heterocycles. The van der Waals surface area contributed by atoms with Crippen molar-refractivity contribution in [1.82, 2.24) is 19.7 Å². The molecular weight excluding hydrogens is 462 g/mol. The molecular formula is C27H30ClN5O2. The van der Waals surface area contributed by atoms with Crippen molar-refractivity contribution in [2.75, 3.05) is 25.0 Å². The summed E-state index contributed by atoms with van der Waals surface area (Å²) in [5, 5.41) is 12.4. The largest absolute Gasteiger partial charge is 0.324 e. The zero-order chi connectivity index (χ0) is 24.2. The molecule has 5 rings (SSSR count). The molecule has 0 unspecified atom stereocenters. The van der Waals surface area contributed by atoms with E-state index >= 15 is 0 Å². The number of halogens is 1. The number of nitrogens with one attached hydrogen (secondary N) is 1. The number of hydrogen-bond acceptors (Lipinski definition) is 5. The molecule has 1 saturated heterocycles. The zero-order valence-electron chi connectivity index (χ0n) is 19.8. The van der Waals surface area contributed by atoms with Crippen molar-refractivity contribution in [2.45, 2.75) is 51.0 Å². The van der Waals surface area contributed by atoms with Gasteiger partial charge in [-0.3, -0.25) is 14.5 Å². The Morgan fingerprint density at radius 1 is 1.00 bits per heavy atom. The maximum atomic E-state index is 13.1. The summed E-state index contributed by atoms with van der Waals surface area (Å²) in [6.07, 6.45) is 6.65. The minimum absolute atomic E-state index is 0.143. The first-order valence-electron chi connectivity index (χ1n) is 12.4. The molecule has 1 atom stereocenters. The van der Waals surface area contributed by atoms with Crippen molar-refractivity contribution in [3.63, 3.8) is 0 Å². The molecule has 3 aromatic rings. The van der Waals surface area contributed by atoms with E-state index in [0.717, 1.165) is 50.5 Å². The smallest absolute Gasteiger partial charge is 0.238 e. The van der Waals surface area contributed by atoms with Gasteiger partial charge in [0.05, 0.1) is 12.2 Å². The fourth-order valence-corrected chi connectivity index (χ4v) is 5.34. The summed E-state index contributed by atoms with van der Waals surface area (Å²) in [4.78, 5) is 28.3. The first-order valence-corrected chi connectivity index (χ1v) is 12.8. The van der Waals surface area contributed by atoms with E-state index in [2.05, 4.69) is 25.0 Å². The minimum Gasteiger partial charge on any atom is -0.324 e. The molecule has 7 nitrogen and oxygen atoms in total. The molecule has 3 heterocycles.